The summed E-state index contributed by atoms with van der Waals surface area (Å²) in [5, 5.41) is 3.39. The number of nitrogens with two attached hydrogens (primary N) is 1. The van der Waals surface area contributed by atoms with Gasteiger partial charge < -0.3 is 15.8 Å². The summed E-state index contributed by atoms with van der Waals surface area (Å²) in [5.41, 5.74) is 6.07. The number of hydrogen-bond acceptors (Lipinski definition) is 3. The number of anilines is 1. The molecule has 0 unspecified atom stereocenters. The zero-order chi connectivity index (χ0) is 13.4. The molecule has 0 aliphatic heterocycles. The maximum absolute atomic E-state index is 10.6. The average Bonchev–Trinajstić information content (AvgIpc) is 2.39. The summed E-state index contributed by atoms with van der Waals surface area (Å²) in [6.45, 7) is 5.31. The van der Waals surface area contributed by atoms with E-state index < -0.39 is 5.91 Å². The van der Waals surface area contributed by atoms with Crippen LogP contribution in [-0.4, -0.2) is 19.1 Å². The lowest BCUT2D eigenvalue weighted by Crippen LogP contribution is -2.20. The summed E-state index contributed by atoms with van der Waals surface area (Å²) >= 11 is 0. The average molecular weight is 250 g/mol. The first kappa shape index (κ1) is 14.4. The molecule has 0 aliphatic rings. The predicted octanol–water partition coefficient (Wildman–Crippen LogP) is 2.40. The second-order valence-corrected chi connectivity index (χ2v) is 4.34. The lowest BCUT2D eigenvalue weighted by molar-refractivity contribution is -0.119. The van der Waals surface area contributed by atoms with E-state index in [9.17, 15) is 4.79 Å². The number of amides is 1. The monoisotopic (exact) mass is 250 g/mol. The SMILES string of the molecule is CCC(CC)CNc1ccc(OCC(N)=O)cc1. The van der Waals surface area contributed by atoms with Crippen molar-refractivity contribution < 1.29 is 9.53 Å². The van der Waals surface area contributed by atoms with Gasteiger partial charge in [0.1, 0.15) is 5.75 Å². The van der Waals surface area contributed by atoms with Crippen molar-refractivity contribution in [3.63, 3.8) is 0 Å². The fourth-order valence-electron chi connectivity index (χ4n) is 1.66. The number of carbonyl (C=O) groups is 1. The number of carbonyl (C=O) groups excluding carboxylic acids is 1. The van der Waals surface area contributed by atoms with E-state index in [0.29, 0.717) is 11.7 Å². The van der Waals surface area contributed by atoms with Gasteiger partial charge in [0.25, 0.3) is 5.91 Å². The Morgan fingerprint density at radius 2 is 1.89 bits per heavy atom. The predicted molar refractivity (Wildman–Crippen MR) is 73.7 cm³/mol. The van der Waals surface area contributed by atoms with E-state index in [4.69, 9.17) is 10.5 Å². The minimum Gasteiger partial charge on any atom is -0.484 e. The third-order valence-corrected chi connectivity index (χ3v) is 2.98. The van der Waals surface area contributed by atoms with Gasteiger partial charge in [-0.3, -0.25) is 4.79 Å². The molecular formula is C14H22N2O2. The van der Waals surface area contributed by atoms with Crippen LogP contribution in [0.5, 0.6) is 5.75 Å². The van der Waals surface area contributed by atoms with Gasteiger partial charge in [-0.1, -0.05) is 26.7 Å². The molecule has 4 heteroatoms. The lowest BCUT2D eigenvalue weighted by Gasteiger charge is -2.14. The summed E-state index contributed by atoms with van der Waals surface area (Å²) in [4.78, 5) is 10.6. The molecule has 0 saturated heterocycles. The number of ether oxygens (including phenoxy) is 1. The third kappa shape index (κ3) is 5.08. The first-order valence-electron chi connectivity index (χ1n) is 6.40. The number of hydrogen-bond donors (Lipinski definition) is 2. The van der Waals surface area contributed by atoms with Gasteiger partial charge in [0.15, 0.2) is 6.61 Å². The topological polar surface area (TPSA) is 64.3 Å². The van der Waals surface area contributed by atoms with Gasteiger partial charge in [-0.2, -0.15) is 0 Å². The molecule has 0 bridgehead atoms. The molecule has 0 saturated carbocycles. The lowest BCUT2D eigenvalue weighted by atomic mass is 10.0. The summed E-state index contributed by atoms with van der Waals surface area (Å²) in [5.74, 6) is 0.892. The maximum atomic E-state index is 10.6. The van der Waals surface area contributed by atoms with Crippen LogP contribution in [0.1, 0.15) is 26.7 Å². The molecule has 0 heterocycles. The Morgan fingerprint density at radius 3 is 2.39 bits per heavy atom. The van der Waals surface area contributed by atoms with E-state index in [2.05, 4.69) is 19.2 Å². The van der Waals surface area contributed by atoms with Crippen molar-refractivity contribution in [2.75, 3.05) is 18.5 Å². The van der Waals surface area contributed by atoms with Gasteiger partial charge in [-0.05, 0) is 30.2 Å². The highest BCUT2D eigenvalue weighted by Gasteiger charge is 2.03. The van der Waals surface area contributed by atoms with Crippen LogP contribution >= 0.6 is 0 Å². The summed E-state index contributed by atoms with van der Waals surface area (Å²) in [6, 6.07) is 7.55. The molecule has 1 rings (SSSR count). The van der Waals surface area contributed by atoms with Crippen LogP contribution in [-0.2, 0) is 4.79 Å². The summed E-state index contributed by atoms with van der Waals surface area (Å²) in [6.07, 6.45) is 2.37. The largest absolute Gasteiger partial charge is 0.484 e. The number of primary amides is 1. The fraction of sp³-hybridized carbons (Fsp3) is 0.500. The Kier molecular flexibility index (Phi) is 6.05. The second-order valence-electron chi connectivity index (χ2n) is 4.34. The van der Waals surface area contributed by atoms with Crippen LogP contribution in [0.4, 0.5) is 5.69 Å². The van der Waals surface area contributed by atoms with Crippen LogP contribution < -0.4 is 15.8 Å². The first-order valence-corrected chi connectivity index (χ1v) is 6.40. The second kappa shape index (κ2) is 7.58. The highest BCUT2D eigenvalue weighted by Crippen LogP contribution is 2.17. The normalized spacial score (nSPS) is 10.4. The molecular weight excluding hydrogens is 228 g/mol. The van der Waals surface area contributed by atoms with Gasteiger partial charge in [-0.25, -0.2) is 0 Å². The van der Waals surface area contributed by atoms with Crippen molar-refractivity contribution >= 4 is 11.6 Å². The molecule has 4 nitrogen and oxygen atoms in total. The molecule has 3 N–H and O–H groups in total. The quantitative estimate of drug-likeness (QED) is 0.744. The van der Waals surface area contributed by atoms with Crippen molar-refractivity contribution in [1.29, 1.82) is 0 Å². The molecule has 18 heavy (non-hydrogen) atoms. The first-order chi connectivity index (χ1) is 8.65. The molecule has 1 aromatic rings. The van der Waals surface area contributed by atoms with E-state index in [1.54, 1.807) is 0 Å². The standard InChI is InChI=1S/C14H22N2O2/c1-3-11(4-2)9-16-12-5-7-13(8-6-12)18-10-14(15)17/h5-8,11,16H,3-4,9-10H2,1-2H3,(H2,15,17). The Hall–Kier alpha value is -1.71. The van der Waals surface area contributed by atoms with E-state index in [1.165, 1.54) is 12.8 Å². The highest BCUT2D eigenvalue weighted by molar-refractivity contribution is 5.75. The van der Waals surface area contributed by atoms with E-state index >= 15 is 0 Å². The molecule has 0 aliphatic carbocycles. The smallest absolute Gasteiger partial charge is 0.255 e. The molecule has 1 amide bonds. The third-order valence-electron chi connectivity index (χ3n) is 2.98. The Morgan fingerprint density at radius 1 is 1.28 bits per heavy atom. The molecule has 0 radical (unpaired) electrons. The molecule has 1 aromatic carbocycles. The Labute approximate surface area is 109 Å². The minimum absolute atomic E-state index is 0.0828. The van der Waals surface area contributed by atoms with Crippen LogP contribution in [0.25, 0.3) is 0 Å². The van der Waals surface area contributed by atoms with Crippen LogP contribution in [0, 0.1) is 5.92 Å². The zero-order valence-electron chi connectivity index (χ0n) is 11.1. The molecule has 100 valence electrons. The molecule has 0 spiro atoms. The van der Waals surface area contributed by atoms with Gasteiger partial charge >= 0.3 is 0 Å². The molecule has 0 aromatic heterocycles. The maximum Gasteiger partial charge on any atom is 0.255 e. The van der Waals surface area contributed by atoms with Gasteiger partial charge in [0.05, 0.1) is 0 Å². The molecule has 0 fully saturated rings. The fourth-order valence-corrected chi connectivity index (χ4v) is 1.66. The highest BCUT2D eigenvalue weighted by atomic mass is 16.5. The minimum atomic E-state index is -0.467. The van der Waals surface area contributed by atoms with E-state index in [0.717, 1.165) is 12.2 Å². The van der Waals surface area contributed by atoms with Crippen molar-refractivity contribution in [1.82, 2.24) is 0 Å². The van der Waals surface area contributed by atoms with Crippen molar-refractivity contribution in [2.24, 2.45) is 11.7 Å². The van der Waals surface area contributed by atoms with E-state index in [-0.39, 0.29) is 6.61 Å². The van der Waals surface area contributed by atoms with Crippen molar-refractivity contribution in [2.45, 2.75) is 26.7 Å². The van der Waals surface area contributed by atoms with Gasteiger partial charge in [-0.15, -0.1) is 0 Å². The van der Waals surface area contributed by atoms with Crippen molar-refractivity contribution in [3.05, 3.63) is 24.3 Å². The van der Waals surface area contributed by atoms with E-state index in [1.807, 2.05) is 24.3 Å². The van der Waals surface area contributed by atoms with Gasteiger partial charge in [0.2, 0.25) is 0 Å². The zero-order valence-corrected chi connectivity index (χ0v) is 11.1. The number of nitrogens with one attached hydrogen (secondary N) is 1. The van der Waals surface area contributed by atoms with Crippen LogP contribution in [0.3, 0.4) is 0 Å². The Balaban J connectivity index is 2.42. The number of rotatable bonds is 8. The molecule has 0 atom stereocenters. The summed E-state index contributed by atoms with van der Waals surface area (Å²) < 4.78 is 5.19. The van der Waals surface area contributed by atoms with Gasteiger partial charge in [0, 0.05) is 12.2 Å². The van der Waals surface area contributed by atoms with Crippen molar-refractivity contribution in [3.8, 4) is 5.75 Å². The van der Waals surface area contributed by atoms with Crippen LogP contribution in [0.15, 0.2) is 24.3 Å². The Bertz CT molecular complexity index is 359. The van der Waals surface area contributed by atoms with Crippen LogP contribution in [0.2, 0.25) is 0 Å². The summed E-state index contributed by atoms with van der Waals surface area (Å²) in [7, 11) is 0. The number of benzene rings is 1.